The molecule has 0 fully saturated rings. The summed E-state index contributed by atoms with van der Waals surface area (Å²) in [7, 11) is 0. The van der Waals surface area contributed by atoms with Crippen LogP contribution in [-0.4, -0.2) is 240 Å². The van der Waals surface area contributed by atoms with Gasteiger partial charge in [0.05, 0.1) is 71.0 Å². The molecule has 44 heteroatoms. The van der Waals surface area contributed by atoms with Crippen LogP contribution in [0.5, 0.6) is 161 Å². The fraction of sp³-hybridized carbons (Fsp3) is 0.327. The molecule has 148 heavy (non-hydrogen) atoms. The first kappa shape index (κ1) is 128. The van der Waals surface area contributed by atoms with Crippen molar-refractivity contribution in [2.24, 2.45) is 35.5 Å². The number of Topliss-reactive ketones (excluding diaryl/α,β-unsaturated/α-hetero) is 4. The number of esters is 6. The van der Waals surface area contributed by atoms with Gasteiger partial charge in [0.25, 0.3) is 0 Å². The van der Waals surface area contributed by atoms with Crippen LogP contribution in [-0.2, 0) is 28.4 Å². The van der Waals surface area contributed by atoms with E-state index in [9.17, 15) is 88.8 Å². The Kier molecular flexibility index (Phi) is 50.7. The summed E-state index contributed by atoms with van der Waals surface area (Å²) < 4.78 is 29.3. The molecule has 808 valence electrons. The van der Waals surface area contributed by atoms with Crippen LogP contribution in [0.25, 0.3) is 0 Å². The van der Waals surface area contributed by atoms with Crippen molar-refractivity contribution in [2.75, 3.05) is 13.2 Å². The molecule has 0 bridgehead atoms. The predicted molar refractivity (Wildman–Crippen MR) is 530 cm³/mol. The molecule has 44 nitrogen and oxygen atoms in total. The van der Waals surface area contributed by atoms with E-state index in [1.807, 2.05) is 27.7 Å². The summed E-state index contributed by atoms with van der Waals surface area (Å²) in [5.74, 6) is -19.0. The maximum Gasteiger partial charge on any atom is 0.338 e. The maximum absolute atomic E-state index is 11.5. The van der Waals surface area contributed by atoms with Gasteiger partial charge in [-0.15, -0.1) is 0 Å². The maximum atomic E-state index is 11.5. The average molecular weight is 2080 g/mol. The van der Waals surface area contributed by atoms with E-state index in [4.69, 9.17) is 131 Å². The SMILES string of the molecule is CC(C)C(=O)c1cc(O)c(O)c(O)c1.CC(C)C(=O)c1cc(O)c(O)c(O)c1.CC(C)C(=O)c1cc(O)c(O)c(O)c1.CC(C)C(=O)c1cc(O)c(O)c(O)c1.CC(C)COC(=O)c1cc(O)c(O)c(O)c1.CC(C)COC(=O)c1cc(O)c(O)c(O)c1.CC(C)OC(=O)c1cc(O)c(O)c(O)c1.CC(C)OC(=O)c1cc(O)c(O)c(O)c1.Cc1c(O)cc(C(=O)OC(C)C)cc1O.Cc1c(O)cc(C(=O)OC(C)C)cc1O. The summed E-state index contributed by atoms with van der Waals surface area (Å²) in [5.41, 5.74) is 1.68. The molecular formula is C104H128O44. The molecule has 10 rings (SSSR count). The number of ether oxygens (including phenoxy) is 6. The van der Waals surface area contributed by atoms with Crippen LogP contribution in [0.4, 0.5) is 0 Å². The monoisotopic (exact) mass is 2080 g/mol. The molecule has 0 aliphatic heterocycles. The van der Waals surface area contributed by atoms with Gasteiger partial charge in [0, 0.05) is 57.1 Å². The molecule has 0 saturated carbocycles. The van der Waals surface area contributed by atoms with Crippen LogP contribution in [0.15, 0.2) is 121 Å². The largest absolute Gasteiger partial charge is 0.508 e. The number of phenolic OH excluding ortho intramolecular Hbond substituents is 28. The summed E-state index contributed by atoms with van der Waals surface area (Å²) >= 11 is 0. The number of rotatable bonds is 22. The first-order chi connectivity index (χ1) is 68.2. The summed E-state index contributed by atoms with van der Waals surface area (Å²) in [6.45, 7) is 38.5. The van der Waals surface area contributed by atoms with E-state index in [1.165, 1.54) is 24.3 Å². The number of carbonyl (C=O) groups is 10. The van der Waals surface area contributed by atoms with Crippen molar-refractivity contribution in [3.63, 3.8) is 0 Å². The Hall–Kier alpha value is -17.9. The third-order valence-electron chi connectivity index (χ3n) is 18.4. The molecule has 0 aliphatic rings. The van der Waals surface area contributed by atoms with Gasteiger partial charge in [-0.05, 0) is 202 Å². The normalized spacial score (nSPS) is 10.4. The minimum atomic E-state index is -0.671. The molecule has 0 saturated heterocycles. The lowest BCUT2D eigenvalue weighted by Gasteiger charge is -2.09. The molecule has 0 aromatic heterocycles. The van der Waals surface area contributed by atoms with Crippen LogP contribution in [0.1, 0.15) is 253 Å². The van der Waals surface area contributed by atoms with Crippen molar-refractivity contribution in [3.05, 3.63) is 188 Å². The van der Waals surface area contributed by atoms with Gasteiger partial charge in [0.15, 0.2) is 161 Å². The Bertz CT molecular complexity index is 5390. The van der Waals surface area contributed by atoms with E-state index in [0.717, 1.165) is 97.1 Å². The Balaban J connectivity index is 0.000000822. The molecule has 28 N–H and O–H groups in total. The van der Waals surface area contributed by atoms with Crippen LogP contribution in [0.2, 0.25) is 0 Å². The zero-order valence-electron chi connectivity index (χ0n) is 84.8. The van der Waals surface area contributed by atoms with Crippen LogP contribution < -0.4 is 0 Å². The number of hydrogen-bond donors (Lipinski definition) is 28. The highest BCUT2D eigenvalue weighted by Crippen LogP contribution is 2.44. The van der Waals surface area contributed by atoms with Crippen molar-refractivity contribution in [3.8, 4) is 161 Å². The number of hydrogen-bond acceptors (Lipinski definition) is 44. The van der Waals surface area contributed by atoms with Gasteiger partial charge in [-0.2, -0.15) is 0 Å². The van der Waals surface area contributed by atoms with Crippen molar-refractivity contribution in [1.82, 2.24) is 0 Å². The second kappa shape index (κ2) is 58.6. The third kappa shape index (κ3) is 41.2. The van der Waals surface area contributed by atoms with Crippen LogP contribution in [0.3, 0.4) is 0 Å². The molecule has 10 aromatic rings. The van der Waals surface area contributed by atoms with Crippen molar-refractivity contribution in [2.45, 2.75) is 177 Å². The second-order valence-electron chi connectivity index (χ2n) is 35.1. The second-order valence-corrected chi connectivity index (χ2v) is 35.1. The van der Waals surface area contributed by atoms with Gasteiger partial charge < -0.3 is 171 Å². The molecule has 0 heterocycles. The third-order valence-corrected chi connectivity index (χ3v) is 18.4. The zero-order chi connectivity index (χ0) is 114. The summed E-state index contributed by atoms with van der Waals surface area (Å²) in [4.78, 5) is 114. The van der Waals surface area contributed by atoms with Crippen molar-refractivity contribution >= 4 is 58.9 Å². The summed E-state index contributed by atoms with van der Waals surface area (Å²) in [5, 5.41) is 257. The Morgan fingerprint density at radius 3 is 0.392 bits per heavy atom. The number of carbonyl (C=O) groups excluding carboxylic acids is 10. The minimum absolute atomic E-state index is 0.00606. The van der Waals surface area contributed by atoms with Gasteiger partial charge in [-0.3, -0.25) is 19.2 Å². The Labute approximate surface area is 849 Å². The van der Waals surface area contributed by atoms with E-state index in [1.54, 1.807) is 125 Å². The number of aromatic hydroxyl groups is 28. The van der Waals surface area contributed by atoms with Crippen LogP contribution >= 0.6 is 0 Å². The molecule has 0 amide bonds. The van der Waals surface area contributed by atoms with Crippen molar-refractivity contribution in [1.29, 1.82) is 0 Å². The molecule has 10 aromatic carbocycles. The van der Waals surface area contributed by atoms with Crippen molar-refractivity contribution < 1.29 is 219 Å². The van der Waals surface area contributed by atoms with Gasteiger partial charge in [0.2, 0.25) is 0 Å². The van der Waals surface area contributed by atoms with Gasteiger partial charge >= 0.3 is 35.8 Å². The smallest absolute Gasteiger partial charge is 0.338 e. The van der Waals surface area contributed by atoms with Gasteiger partial charge in [-0.1, -0.05) is 83.1 Å². The Morgan fingerprint density at radius 1 is 0.176 bits per heavy atom. The number of ketones is 4. The highest BCUT2D eigenvalue weighted by atomic mass is 16.6. The number of phenols is 28. The minimum Gasteiger partial charge on any atom is -0.508 e. The standard InChI is InChI=1S/2C11H14O5.2C11H14O4.2C10H12O5.4C10H12O4/c2*1-6(2)5-16-11(15)7-3-8(12)10(14)9(13)4-7;2*1-6(2)15-11(14)8-4-9(12)7(3)10(13)5-8;2*1-5(2)15-10(14)6-3-7(11)9(13)8(12)4-6;4*1-5(2)9(13)6-3-7(11)10(14)8(12)4-6/h2*3-4,6,12-14H,5H2,1-2H3;2*4-6,12-13H,1-3H3;2*3-5,11-13H,1-2H3;4*3-5,11-12,14H,1-2H3. The Morgan fingerprint density at radius 2 is 0.284 bits per heavy atom. The topological polar surface area (TPSA) is 793 Å². The lowest BCUT2D eigenvalue weighted by Crippen LogP contribution is -2.11. The zero-order valence-corrected chi connectivity index (χ0v) is 84.8. The summed E-state index contributed by atoms with van der Waals surface area (Å²) in [6, 6.07) is 22.5. The molecule has 0 aliphatic carbocycles. The molecule has 0 atom stereocenters. The van der Waals surface area contributed by atoms with Gasteiger partial charge in [0.1, 0.15) is 23.0 Å². The fourth-order valence-electron chi connectivity index (χ4n) is 10.6. The lowest BCUT2D eigenvalue weighted by molar-refractivity contribution is 0.0366. The highest BCUT2D eigenvalue weighted by Gasteiger charge is 2.26. The van der Waals surface area contributed by atoms with E-state index >= 15 is 0 Å². The molecular weight excluding hydrogens is 1950 g/mol. The highest BCUT2D eigenvalue weighted by molar-refractivity contribution is 6.01. The lowest BCUT2D eigenvalue weighted by atomic mass is 10.0. The van der Waals surface area contributed by atoms with E-state index in [-0.39, 0.29) is 175 Å². The van der Waals surface area contributed by atoms with E-state index in [2.05, 4.69) is 0 Å². The quantitative estimate of drug-likeness (QED) is 0.0130. The average Bonchev–Trinajstić information content (AvgIpc) is 0.828. The van der Waals surface area contributed by atoms with Crippen LogP contribution in [0, 0.1) is 49.4 Å². The first-order valence-corrected chi connectivity index (χ1v) is 44.6. The van der Waals surface area contributed by atoms with Gasteiger partial charge in [-0.25, -0.2) is 28.8 Å². The van der Waals surface area contributed by atoms with E-state index < -0.39 is 174 Å². The fourth-order valence-corrected chi connectivity index (χ4v) is 10.6. The number of benzene rings is 10. The summed E-state index contributed by atoms with van der Waals surface area (Å²) in [6.07, 6.45) is -1.06. The molecule has 0 radical (unpaired) electrons. The molecule has 0 spiro atoms. The van der Waals surface area contributed by atoms with E-state index in [0.29, 0.717) is 11.1 Å². The predicted octanol–water partition coefficient (Wildman–Crippen LogP) is 16.5. The first-order valence-electron chi connectivity index (χ1n) is 44.6. The molecule has 0 unspecified atom stereocenters.